The third kappa shape index (κ3) is 2.50. The number of likely N-dealkylation sites (N-methyl/N-ethyl adjacent to an activating group) is 1. The quantitative estimate of drug-likeness (QED) is 0.876. The van der Waals surface area contributed by atoms with E-state index >= 15 is 0 Å². The molecule has 132 valence electrons. The molecule has 0 radical (unpaired) electrons. The molecule has 2 aromatic carbocycles. The third-order valence-electron chi connectivity index (χ3n) is 4.93. The number of urea groups is 1. The van der Waals surface area contributed by atoms with Crippen molar-refractivity contribution in [3.63, 3.8) is 0 Å². The number of phenols is 1. The largest absolute Gasteiger partial charge is 0.508 e. The molecule has 0 bridgehead atoms. The summed E-state index contributed by atoms with van der Waals surface area (Å²) in [6.45, 7) is 2.32. The lowest BCUT2D eigenvalue weighted by Gasteiger charge is -2.31. The zero-order valence-corrected chi connectivity index (χ0v) is 14.6. The van der Waals surface area contributed by atoms with Gasteiger partial charge in [0.2, 0.25) is 0 Å². The smallest absolute Gasteiger partial charge is 0.322 e. The topological polar surface area (TPSA) is 72.9 Å². The van der Waals surface area contributed by atoms with Crippen molar-refractivity contribution in [3.05, 3.63) is 70.9 Å². The first-order valence-corrected chi connectivity index (χ1v) is 8.40. The molecule has 6 heteroatoms. The highest BCUT2D eigenvalue weighted by atomic mass is 16.3. The van der Waals surface area contributed by atoms with Crippen LogP contribution in [0.2, 0.25) is 0 Å². The second kappa shape index (κ2) is 5.91. The van der Waals surface area contributed by atoms with Crippen LogP contribution >= 0.6 is 0 Å². The van der Waals surface area contributed by atoms with Crippen molar-refractivity contribution >= 4 is 17.6 Å². The molecule has 2 aliphatic rings. The van der Waals surface area contributed by atoms with E-state index in [0.29, 0.717) is 23.5 Å². The van der Waals surface area contributed by atoms with Crippen LogP contribution in [0.5, 0.6) is 5.75 Å². The highest BCUT2D eigenvalue weighted by Gasteiger charge is 2.43. The van der Waals surface area contributed by atoms with Crippen molar-refractivity contribution in [2.45, 2.75) is 13.0 Å². The Morgan fingerprint density at radius 3 is 2.35 bits per heavy atom. The number of hydrogen-bond donors (Lipinski definition) is 2. The van der Waals surface area contributed by atoms with Gasteiger partial charge in [-0.2, -0.15) is 0 Å². The number of rotatable bonds is 2. The van der Waals surface area contributed by atoms with Gasteiger partial charge in [0, 0.05) is 12.7 Å². The summed E-state index contributed by atoms with van der Waals surface area (Å²) in [4.78, 5) is 28.7. The number of amides is 3. The third-order valence-corrected chi connectivity index (χ3v) is 4.93. The highest BCUT2D eigenvalue weighted by Crippen LogP contribution is 2.37. The van der Waals surface area contributed by atoms with Gasteiger partial charge in [0.1, 0.15) is 5.75 Å². The molecule has 0 unspecified atom stereocenters. The number of aryl methyl sites for hydroxylation is 1. The van der Waals surface area contributed by atoms with Gasteiger partial charge in [0.05, 0.1) is 23.9 Å². The van der Waals surface area contributed by atoms with Gasteiger partial charge < -0.3 is 15.3 Å². The van der Waals surface area contributed by atoms with Gasteiger partial charge in [0.25, 0.3) is 5.91 Å². The summed E-state index contributed by atoms with van der Waals surface area (Å²) < 4.78 is 0. The van der Waals surface area contributed by atoms with Crippen molar-refractivity contribution in [2.24, 2.45) is 0 Å². The molecule has 0 fully saturated rings. The number of anilines is 1. The van der Waals surface area contributed by atoms with E-state index in [2.05, 4.69) is 5.32 Å². The molecule has 0 saturated heterocycles. The van der Waals surface area contributed by atoms with Crippen LogP contribution in [0.25, 0.3) is 0 Å². The Morgan fingerprint density at radius 2 is 1.69 bits per heavy atom. The van der Waals surface area contributed by atoms with Crippen molar-refractivity contribution in [1.82, 2.24) is 10.2 Å². The molecule has 6 nitrogen and oxygen atoms in total. The number of nitrogens with zero attached hydrogens (tertiary/aromatic N) is 2. The molecule has 2 aromatic rings. The SMILES string of the molecule is Cc1ccc([C@H]2NC(=O)N(C)C3=C2C(=O)N(c2ccc(O)cc2)C3)cc1. The molecule has 2 heterocycles. The van der Waals surface area contributed by atoms with Crippen LogP contribution in [0.1, 0.15) is 17.2 Å². The van der Waals surface area contributed by atoms with Gasteiger partial charge in [-0.25, -0.2) is 4.79 Å². The summed E-state index contributed by atoms with van der Waals surface area (Å²) in [6, 6.07) is 13.6. The number of nitrogens with one attached hydrogen (secondary N) is 1. The van der Waals surface area contributed by atoms with Crippen LogP contribution in [0, 0.1) is 6.92 Å². The van der Waals surface area contributed by atoms with Crippen molar-refractivity contribution < 1.29 is 14.7 Å². The molecule has 1 atom stereocenters. The lowest BCUT2D eigenvalue weighted by molar-refractivity contribution is -0.114. The molecule has 3 amide bonds. The second-order valence-electron chi connectivity index (χ2n) is 6.62. The van der Waals surface area contributed by atoms with E-state index in [1.54, 1.807) is 36.2 Å². The van der Waals surface area contributed by atoms with Crippen LogP contribution in [0.4, 0.5) is 10.5 Å². The normalized spacial score (nSPS) is 19.7. The predicted octanol–water partition coefficient (Wildman–Crippen LogP) is 2.70. The number of hydrogen-bond acceptors (Lipinski definition) is 3. The molecule has 0 saturated carbocycles. The van der Waals surface area contributed by atoms with E-state index in [0.717, 1.165) is 11.1 Å². The number of carbonyl (C=O) groups excluding carboxylic acids is 2. The molecule has 0 aliphatic carbocycles. The summed E-state index contributed by atoms with van der Waals surface area (Å²) in [5.74, 6) is 0.00716. The number of carbonyl (C=O) groups is 2. The van der Waals surface area contributed by atoms with E-state index in [9.17, 15) is 14.7 Å². The maximum Gasteiger partial charge on any atom is 0.322 e. The minimum absolute atomic E-state index is 0.136. The van der Waals surface area contributed by atoms with Crippen LogP contribution in [-0.4, -0.2) is 35.5 Å². The lowest BCUT2D eigenvalue weighted by Crippen LogP contribution is -2.45. The Labute approximate surface area is 151 Å². The minimum atomic E-state index is -0.469. The summed E-state index contributed by atoms with van der Waals surface area (Å²) in [5.41, 5.74) is 3.98. The molecular weight excluding hydrogens is 330 g/mol. The summed E-state index contributed by atoms with van der Waals surface area (Å²) in [7, 11) is 1.67. The minimum Gasteiger partial charge on any atom is -0.508 e. The van der Waals surface area contributed by atoms with E-state index < -0.39 is 6.04 Å². The predicted molar refractivity (Wildman–Crippen MR) is 97.7 cm³/mol. The van der Waals surface area contributed by atoms with Gasteiger partial charge in [-0.05, 0) is 36.8 Å². The molecule has 4 rings (SSSR count). The molecule has 0 spiro atoms. The fourth-order valence-corrected chi connectivity index (χ4v) is 3.42. The Balaban J connectivity index is 1.75. The van der Waals surface area contributed by atoms with Gasteiger partial charge in [0.15, 0.2) is 0 Å². The van der Waals surface area contributed by atoms with Crippen molar-refractivity contribution in [2.75, 3.05) is 18.5 Å². The number of aromatic hydroxyl groups is 1. The Morgan fingerprint density at radius 1 is 1.04 bits per heavy atom. The first-order chi connectivity index (χ1) is 12.5. The zero-order chi connectivity index (χ0) is 18.4. The van der Waals surface area contributed by atoms with Gasteiger partial charge in [-0.3, -0.25) is 9.69 Å². The van der Waals surface area contributed by atoms with Gasteiger partial charge in [-0.15, -0.1) is 0 Å². The van der Waals surface area contributed by atoms with Gasteiger partial charge in [-0.1, -0.05) is 29.8 Å². The molecule has 0 aromatic heterocycles. The van der Waals surface area contributed by atoms with Crippen LogP contribution in [0.3, 0.4) is 0 Å². The maximum absolute atomic E-state index is 13.2. The van der Waals surface area contributed by atoms with Crippen molar-refractivity contribution in [3.8, 4) is 5.75 Å². The zero-order valence-electron chi connectivity index (χ0n) is 14.6. The monoisotopic (exact) mass is 349 g/mol. The number of benzene rings is 2. The van der Waals surface area contributed by atoms with E-state index in [1.165, 1.54) is 4.90 Å². The van der Waals surface area contributed by atoms with E-state index in [1.807, 2.05) is 31.2 Å². The van der Waals surface area contributed by atoms with Crippen LogP contribution in [0.15, 0.2) is 59.8 Å². The second-order valence-corrected chi connectivity index (χ2v) is 6.62. The van der Waals surface area contributed by atoms with Crippen LogP contribution < -0.4 is 10.2 Å². The average molecular weight is 349 g/mol. The summed E-state index contributed by atoms with van der Waals surface area (Å²) in [5, 5.41) is 12.4. The molecule has 2 N–H and O–H groups in total. The Hall–Kier alpha value is -3.28. The Bertz CT molecular complexity index is 916. The molecule has 2 aliphatic heterocycles. The number of phenolic OH excluding ortho intramolecular Hbond substituents is 1. The maximum atomic E-state index is 13.2. The van der Waals surface area contributed by atoms with E-state index in [4.69, 9.17) is 0 Å². The average Bonchev–Trinajstić information content (AvgIpc) is 2.97. The summed E-state index contributed by atoms with van der Waals surface area (Å²) in [6.07, 6.45) is 0. The fourth-order valence-electron chi connectivity index (χ4n) is 3.42. The van der Waals surface area contributed by atoms with Crippen molar-refractivity contribution in [1.29, 1.82) is 0 Å². The van der Waals surface area contributed by atoms with Crippen LogP contribution in [-0.2, 0) is 4.79 Å². The Kier molecular flexibility index (Phi) is 3.68. The molecular formula is C20H19N3O3. The molecule has 26 heavy (non-hydrogen) atoms. The standard InChI is InChI=1S/C20H19N3O3/c1-12-3-5-13(6-4-12)18-17-16(22(2)20(26)21-18)11-23(19(17)25)14-7-9-15(24)10-8-14/h3-10,18,24H,11H2,1-2H3,(H,21,26)/t18-/m1/s1. The lowest BCUT2D eigenvalue weighted by atomic mass is 9.95. The first kappa shape index (κ1) is 16.2. The fraction of sp³-hybridized carbons (Fsp3) is 0.200. The van der Waals surface area contributed by atoms with E-state index in [-0.39, 0.29) is 17.7 Å². The van der Waals surface area contributed by atoms with Gasteiger partial charge >= 0.3 is 6.03 Å². The summed E-state index contributed by atoms with van der Waals surface area (Å²) >= 11 is 0. The highest BCUT2D eigenvalue weighted by molar-refractivity contribution is 6.11. The first-order valence-electron chi connectivity index (χ1n) is 8.40.